The maximum Gasteiger partial charge on any atom is 0.261 e. The number of benzene rings is 2. The van der Waals surface area contributed by atoms with E-state index in [1.165, 1.54) is 4.90 Å². The van der Waals surface area contributed by atoms with Crippen molar-refractivity contribution in [3.05, 3.63) is 88.2 Å². The number of nitrogens with zero attached hydrogens (tertiary/aromatic N) is 1. The van der Waals surface area contributed by atoms with Crippen LogP contribution in [-0.4, -0.2) is 36.0 Å². The van der Waals surface area contributed by atoms with E-state index in [9.17, 15) is 9.59 Å². The molecule has 0 aliphatic carbocycles. The summed E-state index contributed by atoms with van der Waals surface area (Å²) >= 11 is 0. The topological polar surface area (TPSA) is 62.4 Å². The van der Waals surface area contributed by atoms with Crippen molar-refractivity contribution >= 4 is 5.91 Å². The number of aryl methyl sites for hydroxylation is 1. The Hall–Kier alpha value is -3.34. The van der Waals surface area contributed by atoms with Crippen LogP contribution in [0.1, 0.15) is 15.9 Å². The molecule has 1 aromatic heterocycles. The summed E-state index contributed by atoms with van der Waals surface area (Å²) in [5.74, 6) is 0.435. The lowest BCUT2D eigenvalue weighted by Crippen LogP contribution is -2.34. The Kier molecular flexibility index (Phi) is 5.71. The molecule has 1 N–H and O–H groups in total. The molecule has 0 aliphatic rings. The zero-order valence-corrected chi connectivity index (χ0v) is 15.4. The zero-order valence-electron chi connectivity index (χ0n) is 15.4. The number of pyridine rings is 1. The molecule has 0 atom stereocenters. The molecule has 138 valence electrons. The maximum absolute atomic E-state index is 12.6. The van der Waals surface area contributed by atoms with Gasteiger partial charge in [-0.15, -0.1) is 0 Å². The molecule has 1 amide bonds. The van der Waals surface area contributed by atoms with Crippen molar-refractivity contribution in [2.75, 3.05) is 20.2 Å². The molecule has 0 aliphatic heterocycles. The van der Waals surface area contributed by atoms with Crippen LogP contribution in [0.4, 0.5) is 0 Å². The van der Waals surface area contributed by atoms with E-state index in [2.05, 4.69) is 4.98 Å². The van der Waals surface area contributed by atoms with Gasteiger partial charge in [-0.3, -0.25) is 9.59 Å². The van der Waals surface area contributed by atoms with Crippen LogP contribution >= 0.6 is 0 Å². The third-order valence-electron chi connectivity index (χ3n) is 4.26. The van der Waals surface area contributed by atoms with Crippen LogP contribution in [0.2, 0.25) is 0 Å². The molecule has 0 fully saturated rings. The average molecular weight is 362 g/mol. The van der Waals surface area contributed by atoms with Crippen molar-refractivity contribution < 1.29 is 9.53 Å². The number of H-pyrrole nitrogens is 1. The van der Waals surface area contributed by atoms with E-state index in [4.69, 9.17) is 4.74 Å². The predicted octanol–water partition coefficient (Wildman–Crippen LogP) is 3.50. The standard InChI is InChI=1S/C22H22N2O3/c1-16-7-6-10-18(15-16)27-14-13-24(2)22(26)19-11-12-20(23-21(19)25)17-8-4-3-5-9-17/h3-12,15H,13-14H2,1-2H3,(H,23,25). The molecule has 2 aromatic carbocycles. The first-order valence-corrected chi connectivity index (χ1v) is 8.78. The molecule has 5 nitrogen and oxygen atoms in total. The first kappa shape index (κ1) is 18.5. The van der Waals surface area contributed by atoms with Crippen molar-refractivity contribution in [1.29, 1.82) is 0 Å². The number of aromatic amines is 1. The normalized spacial score (nSPS) is 10.4. The summed E-state index contributed by atoms with van der Waals surface area (Å²) in [6.45, 7) is 2.73. The monoisotopic (exact) mass is 362 g/mol. The number of nitrogens with one attached hydrogen (secondary N) is 1. The molecule has 0 saturated heterocycles. The van der Waals surface area contributed by atoms with Crippen LogP contribution in [0.5, 0.6) is 5.75 Å². The van der Waals surface area contributed by atoms with Gasteiger partial charge in [-0.2, -0.15) is 0 Å². The van der Waals surface area contributed by atoms with E-state index in [0.717, 1.165) is 16.9 Å². The Balaban J connectivity index is 1.63. The van der Waals surface area contributed by atoms with Crippen molar-refractivity contribution in [3.63, 3.8) is 0 Å². The third-order valence-corrected chi connectivity index (χ3v) is 4.26. The predicted molar refractivity (Wildman–Crippen MR) is 106 cm³/mol. The molecule has 0 spiro atoms. The van der Waals surface area contributed by atoms with Crippen LogP contribution in [-0.2, 0) is 0 Å². The second-order valence-corrected chi connectivity index (χ2v) is 6.37. The van der Waals surface area contributed by atoms with Gasteiger partial charge in [0, 0.05) is 12.7 Å². The lowest BCUT2D eigenvalue weighted by Gasteiger charge is -2.17. The van der Waals surface area contributed by atoms with E-state index < -0.39 is 5.56 Å². The summed E-state index contributed by atoms with van der Waals surface area (Å²) < 4.78 is 5.67. The van der Waals surface area contributed by atoms with Gasteiger partial charge in [0.15, 0.2) is 0 Å². The highest BCUT2D eigenvalue weighted by Gasteiger charge is 2.16. The smallest absolute Gasteiger partial charge is 0.261 e. The summed E-state index contributed by atoms with van der Waals surface area (Å²) in [6.07, 6.45) is 0. The minimum absolute atomic E-state index is 0.118. The number of amides is 1. The van der Waals surface area contributed by atoms with Gasteiger partial charge in [0.05, 0.1) is 6.54 Å². The van der Waals surface area contributed by atoms with Gasteiger partial charge in [0.25, 0.3) is 11.5 Å². The van der Waals surface area contributed by atoms with Gasteiger partial charge in [-0.25, -0.2) is 0 Å². The van der Waals surface area contributed by atoms with Gasteiger partial charge in [0.1, 0.15) is 17.9 Å². The molecule has 3 aromatic rings. The Bertz CT molecular complexity index is 980. The SMILES string of the molecule is Cc1cccc(OCCN(C)C(=O)c2ccc(-c3ccccc3)[nH]c2=O)c1. The second-order valence-electron chi connectivity index (χ2n) is 6.37. The number of likely N-dealkylation sites (N-methyl/N-ethyl adjacent to an activating group) is 1. The highest BCUT2D eigenvalue weighted by molar-refractivity contribution is 5.93. The Morgan fingerprint density at radius 2 is 1.81 bits per heavy atom. The number of ether oxygens (including phenoxy) is 1. The Labute approximate surface area is 158 Å². The van der Waals surface area contributed by atoms with Crippen molar-refractivity contribution in [2.24, 2.45) is 0 Å². The molecule has 0 unspecified atom stereocenters. The lowest BCUT2D eigenvalue weighted by molar-refractivity contribution is 0.0772. The molecule has 0 saturated carbocycles. The van der Waals surface area contributed by atoms with Gasteiger partial charge in [-0.05, 0) is 42.3 Å². The quantitative estimate of drug-likeness (QED) is 0.730. The van der Waals surface area contributed by atoms with Gasteiger partial charge in [-0.1, -0.05) is 42.5 Å². The van der Waals surface area contributed by atoms with Crippen LogP contribution in [0.15, 0.2) is 71.5 Å². The highest BCUT2D eigenvalue weighted by atomic mass is 16.5. The van der Waals surface area contributed by atoms with Crippen LogP contribution in [0.25, 0.3) is 11.3 Å². The molecular formula is C22H22N2O3. The van der Waals surface area contributed by atoms with E-state index in [-0.39, 0.29) is 11.5 Å². The first-order chi connectivity index (χ1) is 13.0. The zero-order chi connectivity index (χ0) is 19.2. The lowest BCUT2D eigenvalue weighted by atomic mass is 10.1. The van der Waals surface area contributed by atoms with Gasteiger partial charge >= 0.3 is 0 Å². The van der Waals surface area contributed by atoms with Gasteiger partial charge in [0.2, 0.25) is 0 Å². The highest BCUT2D eigenvalue weighted by Crippen LogP contribution is 2.15. The van der Waals surface area contributed by atoms with Crippen LogP contribution < -0.4 is 10.3 Å². The fourth-order valence-corrected chi connectivity index (χ4v) is 2.74. The summed E-state index contributed by atoms with van der Waals surface area (Å²) in [5, 5.41) is 0. The molecule has 27 heavy (non-hydrogen) atoms. The fraction of sp³-hybridized carbons (Fsp3) is 0.182. The minimum Gasteiger partial charge on any atom is -0.492 e. The van der Waals surface area contributed by atoms with Crippen molar-refractivity contribution in [2.45, 2.75) is 6.92 Å². The van der Waals surface area contributed by atoms with Crippen LogP contribution in [0.3, 0.4) is 0 Å². The molecule has 5 heteroatoms. The van der Waals surface area contributed by atoms with E-state index >= 15 is 0 Å². The number of carbonyl (C=O) groups excluding carboxylic acids is 1. The average Bonchev–Trinajstić information content (AvgIpc) is 2.68. The third kappa shape index (κ3) is 4.64. The van der Waals surface area contributed by atoms with E-state index in [1.807, 2.05) is 61.5 Å². The van der Waals surface area contributed by atoms with Gasteiger partial charge < -0.3 is 14.6 Å². The Morgan fingerprint density at radius 3 is 2.52 bits per heavy atom. The van der Waals surface area contributed by atoms with Crippen molar-refractivity contribution in [1.82, 2.24) is 9.88 Å². The maximum atomic E-state index is 12.6. The number of aromatic nitrogens is 1. The van der Waals surface area contributed by atoms with Crippen LogP contribution in [0, 0.1) is 6.92 Å². The minimum atomic E-state index is -0.396. The number of hydrogen-bond acceptors (Lipinski definition) is 3. The summed E-state index contributed by atoms with van der Waals surface area (Å²) in [7, 11) is 1.66. The molecule has 0 bridgehead atoms. The fourth-order valence-electron chi connectivity index (χ4n) is 2.74. The summed E-state index contributed by atoms with van der Waals surface area (Å²) in [6, 6.07) is 20.6. The Morgan fingerprint density at radius 1 is 1.04 bits per heavy atom. The number of rotatable bonds is 6. The molecule has 1 heterocycles. The molecule has 3 rings (SSSR count). The number of hydrogen-bond donors (Lipinski definition) is 1. The molecule has 0 radical (unpaired) electrons. The van der Waals surface area contributed by atoms with Crippen molar-refractivity contribution in [3.8, 4) is 17.0 Å². The first-order valence-electron chi connectivity index (χ1n) is 8.78. The summed E-state index contributed by atoms with van der Waals surface area (Å²) in [4.78, 5) is 29.2. The van der Waals surface area contributed by atoms with E-state index in [1.54, 1.807) is 19.2 Å². The largest absolute Gasteiger partial charge is 0.492 e. The second kappa shape index (κ2) is 8.36. The molecular weight excluding hydrogens is 340 g/mol. The van der Waals surface area contributed by atoms with E-state index in [0.29, 0.717) is 18.8 Å². The summed E-state index contributed by atoms with van der Waals surface area (Å²) in [5.41, 5.74) is 2.42. The number of carbonyl (C=O) groups is 1.